The fourth-order valence-electron chi connectivity index (χ4n) is 4.58. The van der Waals surface area contributed by atoms with Crippen molar-refractivity contribution in [2.75, 3.05) is 18.0 Å². The van der Waals surface area contributed by atoms with Gasteiger partial charge in [0.25, 0.3) is 0 Å². The zero-order valence-electron chi connectivity index (χ0n) is 17.2. The zero-order chi connectivity index (χ0) is 18.4. The van der Waals surface area contributed by atoms with E-state index in [0.717, 1.165) is 25.5 Å². The first-order chi connectivity index (χ1) is 12.7. The maximum atomic E-state index is 4.75. The number of hydrogen-bond acceptors (Lipinski definition) is 4. The lowest BCUT2D eigenvalue weighted by Gasteiger charge is -2.42. The Morgan fingerprint density at radius 2 is 1.50 bits per heavy atom. The van der Waals surface area contributed by atoms with E-state index in [1.54, 1.807) is 0 Å². The first-order valence-corrected chi connectivity index (χ1v) is 11.0. The first-order valence-electron chi connectivity index (χ1n) is 11.0. The molecule has 4 heteroatoms. The molecular formula is C22H38N4. The van der Waals surface area contributed by atoms with E-state index in [-0.39, 0.29) is 0 Å². The van der Waals surface area contributed by atoms with Crippen LogP contribution in [0.15, 0.2) is 12.4 Å². The molecule has 146 valence electrons. The summed E-state index contributed by atoms with van der Waals surface area (Å²) in [6, 6.07) is 1.85. The van der Waals surface area contributed by atoms with E-state index in [9.17, 15) is 0 Å². The normalized spacial score (nSPS) is 23.2. The molecule has 2 fully saturated rings. The van der Waals surface area contributed by atoms with Crippen LogP contribution in [0.2, 0.25) is 0 Å². The van der Waals surface area contributed by atoms with Crippen LogP contribution in [0.1, 0.15) is 84.1 Å². The Labute approximate surface area is 160 Å². The Morgan fingerprint density at radius 3 is 2.08 bits per heavy atom. The van der Waals surface area contributed by atoms with E-state index in [4.69, 9.17) is 9.97 Å². The monoisotopic (exact) mass is 358 g/mol. The van der Waals surface area contributed by atoms with Crippen molar-refractivity contribution in [1.82, 2.24) is 14.9 Å². The molecule has 4 nitrogen and oxygen atoms in total. The lowest BCUT2D eigenvalue weighted by atomic mass is 10.1. The highest BCUT2D eigenvalue weighted by Crippen LogP contribution is 2.33. The predicted octanol–water partition coefficient (Wildman–Crippen LogP) is 4.83. The average molecular weight is 359 g/mol. The topological polar surface area (TPSA) is 32.3 Å². The number of unbranched alkanes of at least 4 members (excludes halogenated alkanes) is 6. The molecule has 0 spiro atoms. The highest BCUT2D eigenvalue weighted by molar-refractivity contribution is 5.37. The minimum absolute atomic E-state index is 0.602. The molecule has 0 aromatic carbocycles. The summed E-state index contributed by atoms with van der Waals surface area (Å²) in [6.45, 7) is 9.22. The van der Waals surface area contributed by atoms with Crippen LogP contribution >= 0.6 is 0 Å². The van der Waals surface area contributed by atoms with Crippen molar-refractivity contribution in [3.05, 3.63) is 18.0 Å². The Balaban J connectivity index is 1.45. The van der Waals surface area contributed by atoms with Gasteiger partial charge in [0.2, 0.25) is 5.95 Å². The molecule has 1 aromatic heterocycles. The third-order valence-electron chi connectivity index (χ3n) is 6.23. The standard InChI is InChI=1S/C22H38N4/c1-4-5-6-7-8-9-10-11-19-14-23-22(24-15-19)26-20-12-13-21(26)17-25(16-20)18(2)3/h14-15,18,20-21H,4-13,16-17H2,1-3H3. The molecule has 0 N–H and O–H groups in total. The van der Waals surface area contributed by atoms with Crippen LogP contribution in [-0.2, 0) is 6.42 Å². The first kappa shape index (κ1) is 19.6. The van der Waals surface area contributed by atoms with Gasteiger partial charge in [-0.1, -0.05) is 45.4 Å². The molecule has 3 rings (SSSR count). The Kier molecular flexibility index (Phi) is 7.30. The van der Waals surface area contributed by atoms with E-state index in [1.807, 2.05) is 0 Å². The van der Waals surface area contributed by atoms with E-state index >= 15 is 0 Å². The van der Waals surface area contributed by atoms with Crippen molar-refractivity contribution in [1.29, 1.82) is 0 Å². The van der Waals surface area contributed by atoms with Crippen LogP contribution in [0, 0.1) is 0 Å². The van der Waals surface area contributed by atoms with Gasteiger partial charge in [-0.2, -0.15) is 0 Å². The molecule has 2 bridgehead atoms. The summed E-state index contributed by atoms with van der Waals surface area (Å²) >= 11 is 0. The Morgan fingerprint density at radius 1 is 0.923 bits per heavy atom. The molecule has 3 heterocycles. The predicted molar refractivity (Wildman–Crippen MR) is 110 cm³/mol. The number of piperazine rings is 1. The number of hydrogen-bond donors (Lipinski definition) is 0. The van der Waals surface area contributed by atoms with Gasteiger partial charge in [0, 0.05) is 43.6 Å². The van der Waals surface area contributed by atoms with Gasteiger partial charge < -0.3 is 4.90 Å². The van der Waals surface area contributed by atoms with Crippen molar-refractivity contribution in [2.24, 2.45) is 0 Å². The van der Waals surface area contributed by atoms with E-state index in [0.29, 0.717) is 18.1 Å². The summed E-state index contributed by atoms with van der Waals surface area (Å²) < 4.78 is 0. The highest BCUT2D eigenvalue weighted by atomic mass is 15.4. The molecule has 0 amide bonds. The minimum Gasteiger partial charge on any atom is -0.332 e. The van der Waals surface area contributed by atoms with E-state index < -0.39 is 0 Å². The summed E-state index contributed by atoms with van der Waals surface area (Å²) in [4.78, 5) is 14.6. The van der Waals surface area contributed by atoms with Crippen LogP contribution in [0.5, 0.6) is 0 Å². The Bertz CT molecular complexity index is 513. The van der Waals surface area contributed by atoms with E-state index in [1.165, 1.54) is 63.4 Å². The van der Waals surface area contributed by atoms with Crippen molar-refractivity contribution in [3.8, 4) is 0 Å². The van der Waals surface area contributed by atoms with Gasteiger partial charge in [-0.15, -0.1) is 0 Å². The van der Waals surface area contributed by atoms with Crippen molar-refractivity contribution >= 4 is 5.95 Å². The molecule has 2 aliphatic heterocycles. The summed E-state index contributed by atoms with van der Waals surface area (Å²) in [5, 5.41) is 0. The molecule has 1 aromatic rings. The molecule has 2 unspecified atom stereocenters. The van der Waals surface area contributed by atoms with Crippen molar-refractivity contribution in [3.63, 3.8) is 0 Å². The SMILES string of the molecule is CCCCCCCCCc1cnc(N2C3CCC2CN(C(C)C)C3)nc1. The quantitative estimate of drug-likeness (QED) is 0.561. The second-order valence-corrected chi connectivity index (χ2v) is 8.60. The number of likely N-dealkylation sites (tertiary alicyclic amines) is 1. The third kappa shape index (κ3) is 4.97. The number of fused-ring (bicyclic) bond motifs is 2. The molecule has 0 radical (unpaired) electrons. The van der Waals surface area contributed by atoms with E-state index in [2.05, 4.69) is 43.0 Å². The maximum absolute atomic E-state index is 4.75. The van der Waals surface area contributed by atoms with Crippen LogP contribution in [-0.4, -0.2) is 46.1 Å². The van der Waals surface area contributed by atoms with Crippen molar-refractivity contribution < 1.29 is 0 Å². The van der Waals surface area contributed by atoms with Gasteiger partial charge in [0.1, 0.15) is 0 Å². The molecule has 0 aliphatic carbocycles. The largest absolute Gasteiger partial charge is 0.332 e. The van der Waals surface area contributed by atoms with Gasteiger partial charge in [-0.05, 0) is 45.1 Å². The lowest BCUT2D eigenvalue weighted by molar-refractivity contribution is 0.176. The number of aryl methyl sites for hydroxylation is 1. The fourth-order valence-corrected chi connectivity index (χ4v) is 4.58. The number of aromatic nitrogens is 2. The summed E-state index contributed by atoms with van der Waals surface area (Å²) in [6.07, 6.45) is 17.4. The summed E-state index contributed by atoms with van der Waals surface area (Å²) in [7, 11) is 0. The molecule has 2 saturated heterocycles. The number of anilines is 1. The molecule has 2 atom stereocenters. The highest BCUT2D eigenvalue weighted by Gasteiger charge is 2.41. The Hall–Kier alpha value is -1.16. The zero-order valence-corrected chi connectivity index (χ0v) is 17.2. The van der Waals surface area contributed by atoms with Gasteiger partial charge in [0.05, 0.1) is 0 Å². The molecule has 2 aliphatic rings. The van der Waals surface area contributed by atoms with Crippen LogP contribution in [0.3, 0.4) is 0 Å². The van der Waals surface area contributed by atoms with Gasteiger partial charge in [-0.25, -0.2) is 9.97 Å². The lowest BCUT2D eigenvalue weighted by Crippen LogP contribution is -2.56. The van der Waals surface area contributed by atoms with Crippen LogP contribution in [0.25, 0.3) is 0 Å². The van der Waals surface area contributed by atoms with Gasteiger partial charge in [0.15, 0.2) is 0 Å². The van der Waals surface area contributed by atoms with Crippen LogP contribution < -0.4 is 4.90 Å². The van der Waals surface area contributed by atoms with Crippen LogP contribution in [0.4, 0.5) is 5.95 Å². The second kappa shape index (κ2) is 9.68. The summed E-state index contributed by atoms with van der Waals surface area (Å²) in [5.74, 6) is 0.962. The minimum atomic E-state index is 0.602. The molecular weight excluding hydrogens is 320 g/mol. The second-order valence-electron chi connectivity index (χ2n) is 8.60. The average Bonchev–Trinajstić information content (AvgIpc) is 2.90. The van der Waals surface area contributed by atoms with Crippen molar-refractivity contribution in [2.45, 2.75) is 103 Å². The molecule has 26 heavy (non-hydrogen) atoms. The molecule has 0 saturated carbocycles. The fraction of sp³-hybridized carbons (Fsp3) is 0.818. The smallest absolute Gasteiger partial charge is 0.225 e. The summed E-state index contributed by atoms with van der Waals surface area (Å²) in [5.41, 5.74) is 1.30. The number of rotatable bonds is 10. The van der Waals surface area contributed by atoms with Gasteiger partial charge in [-0.3, -0.25) is 4.90 Å². The van der Waals surface area contributed by atoms with Gasteiger partial charge >= 0.3 is 0 Å². The number of nitrogens with zero attached hydrogens (tertiary/aromatic N) is 4. The maximum Gasteiger partial charge on any atom is 0.225 e. The third-order valence-corrected chi connectivity index (χ3v) is 6.23.